The lowest BCUT2D eigenvalue weighted by Crippen LogP contribution is -2.46. The summed E-state index contributed by atoms with van der Waals surface area (Å²) in [5.74, 6) is 0. The quantitative estimate of drug-likeness (QED) is 0.753. The molecule has 1 N–H and O–H groups in total. The lowest BCUT2D eigenvalue weighted by molar-refractivity contribution is 0.0262. The SMILES string of the molecule is c1ccc(-c2cc(NC3CCN(C4CCOCC4)CC3)c3nncn3n2)cc1. The van der Waals surface area contributed by atoms with Crippen molar-refractivity contribution in [2.75, 3.05) is 31.6 Å². The highest BCUT2D eigenvalue weighted by Gasteiger charge is 2.27. The molecule has 2 aliphatic rings. The molecular formula is C21H26N6O. The maximum Gasteiger partial charge on any atom is 0.200 e. The number of fused-ring (bicyclic) bond motifs is 1. The third kappa shape index (κ3) is 3.59. The molecule has 0 aliphatic carbocycles. The van der Waals surface area contributed by atoms with Crippen molar-refractivity contribution in [2.24, 2.45) is 0 Å². The molecule has 2 aliphatic heterocycles. The van der Waals surface area contributed by atoms with Gasteiger partial charge in [-0.15, -0.1) is 10.2 Å². The van der Waals surface area contributed by atoms with Crippen LogP contribution in [0.4, 0.5) is 5.69 Å². The lowest BCUT2D eigenvalue weighted by Gasteiger charge is -2.39. The molecule has 0 saturated carbocycles. The smallest absolute Gasteiger partial charge is 0.200 e. The van der Waals surface area contributed by atoms with Crippen molar-refractivity contribution in [3.05, 3.63) is 42.7 Å². The summed E-state index contributed by atoms with van der Waals surface area (Å²) in [7, 11) is 0. The van der Waals surface area contributed by atoms with Gasteiger partial charge in [0.1, 0.15) is 6.33 Å². The summed E-state index contributed by atoms with van der Waals surface area (Å²) < 4.78 is 7.28. The van der Waals surface area contributed by atoms with E-state index in [2.05, 4.69) is 43.7 Å². The van der Waals surface area contributed by atoms with E-state index in [4.69, 9.17) is 4.74 Å². The first-order chi connectivity index (χ1) is 13.9. The van der Waals surface area contributed by atoms with Gasteiger partial charge in [-0.05, 0) is 31.7 Å². The summed E-state index contributed by atoms with van der Waals surface area (Å²) in [6.07, 6.45) is 6.29. The fraction of sp³-hybridized carbons (Fsp3) is 0.476. The summed E-state index contributed by atoms with van der Waals surface area (Å²) in [4.78, 5) is 2.65. The second-order valence-electron chi connectivity index (χ2n) is 7.71. The van der Waals surface area contributed by atoms with Crippen LogP contribution in [-0.2, 0) is 4.74 Å². The molecule has 1 aromatic carbocycles. The van der Waals surface area contributed by atoms with Crippen LogP contribution in [0.5, 0.6) is 0 Å². The predicted molar refractivity (Wildman–Crippen MR) is 108 cm³/mol. The number of anilines is 1. The number of aromatic nitrogens is 4. The number of likely N-dealkylation sites (tertiary alicyclic amines) is 1. The molecule has 0 spiro atoms. The minimum absolute atomic E-state index is 0.447. The van der Waals surface area contributed by atoms with Gasteiger partial charge in [-0.25, -0.2) is 0 Å². The first-order valence-corrected chi connectivity index (χ1v) is 10.2. The number of piperidine rings is 1. The molecule has 0 unspecified atom stereocenters. The van der Waals surface area contributed by atoms with Gasteiger partial charge in [-0.1, -0.05) is 30.3 Å². The molecule has 28 heavy (non-hydrogen) atoms. The number of hydrogen-bond donors (Lipinski definition) is 1. The van der Waals surface area contributed by atoms with Crippen LogP contribution in [0.1, 0.15) is 25.7 Å². The van der Waals surface area contributed by atoms with Gasteiger partial charge in [0.05, 0.1) is 11.4 Å². The van der Waals surface area contributed by atoms with Crippen molar-refractivity contribution in [3.8, 4) is 11.3 Å². The van der Waals surface area contributed by atoms with E-state index in [1.165, 1.54) is 12.8 Å². The van der Waals surface area contributed by atoms with E-state index in [9.17, 15) is 0 Å². The second-order valence-corrected chi connectivity index (χ2v) is 7.71. The van der Waals surface area contributed by atoms with Gasteiger partial charge in [0.2, 0.25) is 5.65 Å². The molecule has 146 valence electrons. The topological polar surface area (TPSA) is 67.6 Å². The number of rotatable bonds is 4. The van der Waals surface area contributed by atoms with Crippen LogP contribution in [0, 0.1) is 0 Å². The Labute approximate surface area is 164 Å². The summed E-state index contributed by atoms with van der Waals surface area (Å²) >= 11 is 0. The summed E-state index contributed by atoms with van der Waals surface area (Å²) in [5, 5.41) is 16.7. The van der Waals surface area contributed by atoms with Gasteiger partial charge in [0.25, 0.3) is 0 Å². The van der Waals surface area contributed by atoms with Gasteiger partial charge in [0.15, 0.2) is 0 Å². The number of nitrogens with one attached hydrogen (secondary N) is 1. The Bertz CT molecular complexity index is 913. The first-order valence-electron chi connectivity index (χ1n) is 10.2. The van der Waals surface area contributed by atoms with Gasteiger partial charge in [-0.2, -0.15) is 9.61 Å². The van der Waals surface area contributed by atoms with Crippen LogP contribution in [-0.4, -0.2) is 63.1 Å². The van der Waals surface area contributed by atoms with E-state index in [1.54, 1.807) is 10.8 Å². The zero-order valence-corrected chi connectivity index (χ0v) is 16.0. The van der Waals surface area contributed by atoms with E-state index in [-0.39, 0.29) is 0 Å². The largest absolute Gasteiger partial charge is 0.381 e. The average molecular weight is 378 g/mol. The molecule has 0 radical (unpaired) electrons. The zero-order valence-electron chi connectivity index (χ0n) is 16.0. The first kappa shape index (κ1) is 17.6. The van der Waals surface area contributed by atoms with Crippen LogP contribution in [0.2, 0.25) is 0 Å². The standard InChI is InChI=1S/C21H26N6O/c1-2-4-16(5-3-1)19-14-20(21-24-22-15-27(21)25-19)23-17-6-10-26(11-7-17)18-8-12-28-13-9-18/h1-5,14-15,17-18,23H,6-13H2. The Hall–Kier alpha value is -2.51. The van der Waals surface area contributed by atoms with E-state index in [1.807, 2.05) is 18.2 Å². The highest BCUT2D eigenvalue weighted by molar-refractivity contribution is 5.73. The van der Waals surface area contributed by atoms with Crippen LogP contribution < -0.4 is 5.32 Å². The molecule has 2 aromatic heterocycles. The molecule has 0 bridgehead atoms. The van der Waals surface area contributed by atoms with Crippen LogP contribution >= 0.6 is 0 Å². The molecule has 2 fully saturated rings. The Morgan fingerprint density at radius 1 is 1.00 bits per heavy atom. The molecule has 7 heteroatoms. The van der Waals surface area contributed by atoms with E-state index in [0.29, 0.717) is 12.1 Å². The highest BCUT2D eigenvalue weighted by Crippen LogP contribution is 2.26. The van der Waals surface area contributed by atoms with Crippen LogP contribution in [0.3, 0.4) is 0 Å². The van der Waals surface area contributed by atoms with Gasteiger partial charge in [-0.3, -0.25) is 0 Å². The summed E-state index contributed by atoms with van der Waals surface area (Å²) in [6.45, 7) is 4.10. The molecule has 0 amide bonds. The minimum Gasteiger partial charge on any atom is -0.381 e. The number of benzene rings is 1. The van der Waals surface area contributed by atoms with Crippen LogP contribution in [0.15, 0.2) is 42.7 Å². The second kappa shape index (κ2) is 7.85. The van der Waals surface area contributed by atoms with Gasteiger partial charge >= 0.3 is 0 Å². The van der Waals surface area contributed by atoms with Crippen molar-refractivity contribution in [2.45, 2.75) is 37.8 Å². The molecular weight excluding hydrogens is 352 g/mol. The fourth-order valence-electron chi connectivity index (χ4n) is 4.36. The lowest BCUT2D eigenvalue weighted by atomic mass is 9.99. The minimum atomic E-state index is 0.447. The Morgan fingerprint density at radius 2 is 1.79 bits per heavy atom. The van der Waals surface area contributed by atoms with Crippen molar-refractivity contribution < 1.29 is 4.74 Å². The summed E-state index contributed by atoms with van der Waals surface area (Å²) in [6, 6.07) is 13.5. The average Bonchev–Trinajstić information content (AvgIpc) is 3.25. The fourth-order valence-corrected chi connectivity index (χ4v) is 4.36. The number of hydrogen-bond acceptors (Lipinski definition) is 6. The maximum absolute atomic E-state index is 5.51. The maximum atomic E-state index is 5.51. The van der Waals surface area contributed by atoms with Crippen LogP contribution in [0.25, 0.3) is 16.9 Å². The molecule has 4 heterocycles. The van der Waals surface area contributed by atoms with Gasteiger partial charge in [0, 0.05) is 44.0 Å². The predicted octanol–water partition coefficient (Wildman–Crippen LogP) is 2.85. The Balaban J connectivity index is 1.32. The summed E-state index contributed by atoms with van der Waals surface area (Å²) in [5.41, 5.74) is 3.81. The third-order valence-corrected chi connectivity index (χ3v) is 5.93. The third-order valence-electron chi connectivity index (χ3n) is 5.93. The van der Waals surface area contributed by atoms with Crippen molar-refractivity contribution >= 4 is 11.3 Å². The normalized spacial score (nSPS) is 19.9. The molecule has 7 nitrogen and oxygen atoms in total. The zero-order chi connectivity index (χ0) is 18.8. The molecule has 3 aromatic rings. The van der Waals surface area contributed by atoms with Crippen molar-refractivity contribution in [1.29, 1.82) is 0 Å². The van der Waals surface area contributed by atoms with Gasteiger partial charge < -0.3 is 15.0 Å². The molecule has 2 saturated heterocycles. The van der Waals surface area contributed by atoms with Crippen molar-refractivity contribution in [1.82, 2.24) is 24.7 Å². The number of ether oxygens (including phenoxy) is 1. The monoisotopic (exact) mass is 378 g/mol. The van der Waals surface area contributed by atoms with Crippen molar-refractivity contribution in [3.63, 3.8) is 0 Å². The van der Waals surface area contributed by atoms with E-state index >= 15 is 0 Å². The molecule has 0 atom stereocenters. The highest BCUT2D eigenvalue weighted by atomic mass is 16.5. The molecule has 5 rings (SSSR count). The van der Waals surface area contributed by atoms with E-state index < -0.39 is 0 Å². The Morgan fingerprint density at radius 3 is 2.57 bits per heavy atom. The Kier molecular flexibility index (Phi) is 4.93. The number of nitrogens with zero attached hydrogens (tertiary/aromatic N) is 5. The van der Waals surface area contributed by atoms with E-state index in [0.717, 1.165) is 61.7 Å².